The van der Waals surface area contributed by atoms with Crippen LogP contribution in [0, 0.1) is 0 Å². The first-order chi connectivity index (χ1) is 11.3. The highest BCUT2D eigenvalue weighted by atomic mass is 15.3. The second-order valence-electron chi connectivity index (χ2n) is 7.93. The van der Waals surface area contributed by atoms with Crippen molar-refractivity contribution >= 4 is 0 Å². The number of hydrogen-bond donors (Lipinski definition) is 1. The molecular formula is C20H31N3. The molecule has 1 atom stereocenters. The fourth-order valence-electron chi connectivity index (χ4n) is 5.21. The van der Waals surface area contributed by atoms with Gasteiger partial charge in [0.25, 0.3) is 0 Å². The molecule has 0 aliphatic carbocycles. The number of benzene rings is 1. The van der Waals surface area contributed by atoms with E-state index < -0.39 is 0 Å². The van der Waals surface area contributed by atoms with E-state index in [0.29, 0.717) is 5.54 Å². The third-order valence-electron chi connectivity index (χ3n) is 6.76. The van der Waals surface area contributed by atoms with Crippen molar-refractivity contribution in [2.45, 2.75) is 49.6 Å². The van der Waals surface area contributed by atoms with Crippen LogP contribution in [-0.4, -0.2) is 61.2 Å². The fraction of sp³-hybridized carbons (Fsp3) is 0.700. The molecule has 3 saturated heterocycles. The molecule has 3 heterocycles. The highest BCUT2D eigenvalue weighted by molar-refractivity contribution is 5.23. The van der Waals surface area contributed by atoms with Gasteiger partial charge < -0.3 is 10.2 Å². The Morgan fingerprint density at radius 2 is 1.74 bits per heavy atom. The lowest BCUT2D eigenvalue weighted by molar-refractivity contribution is 0.0415. The average Bonchev–Trinajstić information content (AvgIpc) is 2.94. The predicted molar refractivity (Wildman–Crippen MR) is 95.9 cm³/mol. The summed E-state index contributed by atoms with van der Waals surface area (Å²) in [7, 11) is 2.36. The van der Waals surface area contributed by atoms with Gasteiger partial charge in [-0.3, -0.25) is 4.90 Å². The Morgan fingerprint density at radius 3 is 2.43 bits per heavy atom. The van der Waals surface area contributed by atoms with Crippen molar-refractivity contribution in [3.05, 3.63) is 35.9 Å². The molecule has 1 spiro atoms. The molecule has 0 unspecified atom stereocenters. The van der Waals surface area contributed by atoms with Crippen LogP contribution in [0.2, 0.25) is 0 Å². The maximum atomic E-state index is 3.50. The zero-order valence-electron chi connectivity index (χ0n) is 14.5. The summed E-state index contributed by atoms with van der Waals surface area (Å²) in [6.07, 6.45) is 6.76. The maximum absolute atomic E-state index is 3.50. The highest BCUT2D eigenvalue weighted by Gasteiger charge is 2.46. The minimum Gasteiger partial charge on any atom is -0.317 e. The minimum absolute atomic E-state index is 0.462. The summed E-state index contributed by atoms with van der Waals surface area (Å²) in [6, 6.07) is 12.0. The van der Waals surface area contributed by atoms with Gasteiger partial charge >= 0.3 is 0 Å². The van der Waals surface area contributed by atoms with E-state index in [4.69, 9.17) is 0 Å². The lowest BCUT2D eigenvalue weighted by Crippen LogP contribution is -2.54. The van der Waals surface area contributed by atoms with Crippen molar-refractivity contribution in [1.29, 1.82) is 0 Å². The van der Waals surface area contributed by atoms with Gasteiger partial charge in [-0.05, 0) is 63.7 Å². The van der Waals surface area contributed by atoms with E-state index in [1.54, 1.807) is 0 Å². The van der Waals surface area contributed by atoms with Crippen LogP contribution in [0.4, 0.5) is 0 Å². The number of rotatable bonds is 2. The van der Waals surface area contributed by atoms with Crippen LogP contribution in [0.5, 0.6) is 0 Å². The standard InChI is InChI=1S/C20H31N3/c1-22-16-18(17-5-3-2-4-6-17)15-20(22)9-13-23(14-10-20)19-7-11-21-12-8-19/h2-6,18-19,21H,7-16H2,1H3/t18-/m1/s1. The molecule has 1 N–H and O–H groups in total. The van der Waals surface area contributed by atoms with E-state index in [-0.39, 0.29) is 0 Å². The molecule has 0 aromatic heterocycles. The quantitative estimate of drug-likeness (QED) is 0.906. The van der Waals surface area contributed by atoms with Crippen LogP contribution in [0.3, 0.4) is 0 Å². The van der Waals surface area contributed by atoms with Gasteiger partial charge in [-0.15, -0.1) is 0 Å². The average molecular weight is 313 g/mol. The summed E-state index contributed by atoms with van der Waals surface area (Å²) in [5.41, 5.74) is 2.00. The van der Waals surface area contributed by atoms with Gasteiger partial charge in [-0.2, -0.15) is 0 Å². The second-order valence-corrected chi connectivity index (χ2v) is 7.93. The van der Waals surface area contributed by atoms with E-state index >= 15 is 0 Å². The molecule has 3 aliphatic heterocycles. The minimum atomic E-state index is 0.462. The van der Waals surface area contributed by atoms with Gasteiger partial charge in [0.2, 0.25) is 0 Å². The topological polar surface area (TPSA) is 18.5 Å². The van der Waals surface area contributed by atoms with Crippen molar-refractivity contribution in [1.82, 2.24) is 15.1 Å². The largest absolute Gasteiger partial charge is 0.317 e. The van der Waals surface area contributed by atoms with Crippen molar-refractivity contribution in [3.63, 3.8) is 0 Å². The third-order valence-corrected chi connectivity index (χ3v) is 6.76. The van der Waals surface area contributed by atoms with E-state index in [1.807, 2.05) is 0 Å². The Balaban J connectivity index is 1.40. The van der Waals surface area contributed by atoms with E-state index in [0.717, 1.165) is 12.0 Å². The monoisotopic (exact) mass is 313 g/mol. The molecule has 3 aliphatic rings. The van der Waals surface area contributed by atoms with Crippen LogP contribution in [0.15, 0.2) is 30.3 Å². The summed E-state index contributed by atoms with van der Waals surface area (Å²) in [5, 5.41) is 3.50. The van der Waals surface area contributed by atoms with E-state index in [1.165, 1.54) is 70.4 Å². The molecule has 3 heteroatoms. The molecule has 126 valence electrons. The van der Waals surface area contributed by atoms with Crippen molar-refractivity contribution in [2.75, 3.05) is 39.8 Å². The van der Waals surface area contributed by atoms with Gasteiger partial charge in [0.1, 0.15) is 0 Å². The molecule has 0 saturated carbocycles. The number of likely N-dealkylation sites (tertiary alicyclic amines) is 2. The molecule has 3 nitrogen and oxygen atoms in total. The fourth-order valence-corrected chi connectivity index (χ4v) is 5.21. The van der Waals surface area contributed by atoms with Gasteiger partial charge in [0.15, 0.2) is 0 Å². The summed E-state index contributed by atoms with van der Waals surface area (Å²) in [4.78, 5) is 5.47. The van der Waals surface area contributed by atoms with Gasteiger partial charge in [0.05, 0.1) is 0 Å². The summed E-state index contributed by atoms with van der Waals surface area (Å²) < 4.78 is 0. The van der Waals surface area contributed by atoms with Crippen molar-refractivity contribution < 1.29 is 0 Å². The normalized spacial score (nSPS) is 30.0. The molecule has 0 radical (unpaired) electrons. The van der Waals surface area contributed by atoms with Crippen LogP contribution in [0.25, 0.3) is 0 Å². The SMILES string of the molecule is CN1C[C@H](c2ccccc2)CC12CCN(C1CCNCC1)CC2. The molecular weight excluding hydrogens is 282 g/mol. The molecule has 0 amide bonds. The molecule has 1 aromatic carbocycles. The maximum Gasteiger partial charge on any atom is 0.0237 e. The lowest BCUT2D eigenvalue weighted by atomic mass is 9.81. The molecule has 4 rings (SSSR count). The molecule has 1 aromatic rings. The Hall–Kier alpha value is -0.900. The van der Waals surface area contributed by atoms with Gasteiger partial charge in [0, 0.05) is 31.2 Å². The first-order valence-corrected chi connectivity index (χ1v) is 9.48. The third kappa shape index (κ3) is 3.07. The lowest BCUT2D eigenvalue weighted by Gasteiger charge is -2.46. The predicted octanol–water partition coefficient (Wildman–Crippen LogP) is 2.69. The number of hydrogen-bond acceptors (Lipinski definition) is 3. The summed E-state index contributed by atoms with van der Waals surface area (Å²) >= 11 is 0. The first kappa shape index (κ1) is 15.6. The Morgan fingerprint density at radius 1 is 1.04 bits per heavy atom. The molecule has 23 heavy (non-hydrogen) atoms. The summed E-state index contributed by atoms with van der Waals surface area (Å²) in [5.74, 6) is 0.728. The van der Waals surface area contributed by atoms with Crippen LogP contribution < -0.4 is 5.32 Å². The molecule has 0 bridgehead atoms. The van der Waals surface area contributed by atoms with E-state index in [2.05, 4.69) is 52.5 Å². The zero-order chi connectivity index (χ0) is 15.7. The number of nitrogens with zero attached hydrogens (tertiary/aromatic N) is 2. The first-order valence-electron chi connectivity index (χ1n) is 9.48. The second kappa shape index (κ2) is 6.54. The van der Waals surface area contributed by atoms with Gasteiger partial charge in [-0.1, -0.05) is 30.3 Å². The number of nitrogens with one attached hydrogen (secondary N) is 1. The molecule has 3 fully saturated rings. The Bertz CT molecular complexity index is 501. The van der Waals surface area contributed by atoms with Crippen LogP contribution in [-0.2, 0) is 0 Å². The van der Waals surface area contributed by atoms with Crippen molar-refractivity contribution in [2.24, 2.45) is 0 Å². The Labute approximate surface area is 141 Å². The van der Waals surface area contributed by atoms with Gasteiger partial charge in [-0.25, -0.2) is 0 Å². The van der Waals surface area contributed by atoms with Crippen LogP contribution in [0.1, 0.15) is 43.6 Å². The zero-order valence-corrected chi connectivity index (χ0v) is 14.5. The van der Waals surface area contributed by atoms with E-state index in [9.17, 15) is 0 Å². The smallest absolute Gasteiger partial charge is 0.0237 e. The summed E-state index contributed by atoms with van der Waals surface area (Å²) in [6.45, 7) is 6.26. The van der Waals surface area contributed by atoms with Crippen molar-refractivity contribution in [3.8, 4) is 0 Å². The number of likely N-dealkylation sites (N-methyl/N-ethyl adjacent to an activating group) is 1. The Kier molecular flexibility index (Phi) is 4.44. The highest BCUT2D eigenvalue weighted by Crippen LogP contribution is 2.44. The van der Waals surface area contributed by atoms with Crippen LogP contribution >= 0.6 is 0 Å². The number of piperidine rings is 2.